The van der Waals surface area contributed by atoms with Crippen LogP contribution < -0.4 is 10.1 Å². The summed E-state index contributed by atoms with van der Waals surface area (Å²) in [5, 5.41) is 11.2. The number of carboxylic acid groups (broad SMARTS) is 1. The lowest BCUT2D eigenvalue weighted by molar-refractivity contribution is -0.152. The van der Waals surface area contributed by atoms with Crippen LogP contribution >= 0.6 is 0 Å². The van der Waals surface area contributed by atoms with Crippen molar-refractivity contribution in [3.05, 3.63) is 23.8 Å². The smallest absolute Gasteiger partial charge is 0.397 e. The van der Waals surface area contributed by atoms with Crippen molar-refractivity contribution in [3.8, 4) is 5.75 Å². The zero-order chi connectivity index (χ0) is 14.4. The summed E-state index contributed by atoms with van der Waals surface area (Å²) in [6.45, 7) is 1.61. The fourth-order valence-corrected chi connectivity index (χ4v) is 1.31. The number of anilines is 1. The number of methoxy groups -OCH3 is 1. The van der Waals surface area contributed by atoms with Gasteiger partial charge in [-0.05, 0) is 19.1 Å². The minimum Gasteiger partial charge on any atom is -0.497 e. The van der Waals surface area contributed by atoms with E-state index in [-0.39, 0.29) is 17.9 Å². The van der Waals surface area contributed by atoms with Crippen molar-refractivity contribution in [1.82, 2.24) is 0 Å². The second-order valence-corrected chi connectivity index (χ2v) is 3.39. The van der Waals surface area contributed by atoms with Gasteiger partial charge in [-0.2, -0.15) is 0 Å². The highest BCUT2D eigenvalue weighted by Crippen LogP contribution is 2.22. The molecule has 0 aromatic heterocycles. The number of hydrogen-bond acceptors (Lipinski definition) is 5. The van der Waals surface area contributed by atoms with Gasteiger partial charge in [0.15, 0.2) is 0 Å². The number of nitrogens with one attached hydrogen (secondary N) is 1. The summed E-state index contributed by atoms with van der Waals surface area (Å²) in [7, 11) is 1.40. The summed E-state index contributed by atoms with van der Waals surface area (Å²) < 4.78 is 9.42. The first-order chi connectivity index (χ1) is 8.99. The van der Waals surface area contributed by atoms with Gasteiger partial charge >= 0.3 is 17.8 Å². The standard InChI is InChI=1S/C12H13NO6/c1-3-19-12(17)10(14)13-9-6-7(18-2)4-5-8(9)11(15)16/h4-6H,3H2,1-2H3,(H,13,14)(H,15,16). The number of benzene rings is 1. The average molecular weight is 267 g/mol. The second kappa shape index (κ2) is 6.39. The molecule has 0 saturated heterocycles. The lowest BCUT2D eigenvalue weighted by atomic mass is 10.1. The maximum Gasteiger partial charge on any atom is 0.397 e. The summed E-state index contributed by atoms with van der Waals surface area (Å²) in [5.74, 6) is -3.01. The van der Waals surface area contributed by atoms with E-state index in [2.05, 4.69) is 10.1 Å². The number of carbonyl (C=O) groups is 3. The number of carboxylic acids is 1. The molecule has 1 rings (SSSR count). The molecule has 0 bridgehead atoms. The molecule has 0 radical (unpaired) electrons. The van der Waals surface area contributed by atoms with E-state index in [1.54, 1.807) is 6.92 Å². The van der Waals surface area contributed by atoms with Crippen LogP contribution in [-0.4, -0.2) is 36.7 Å². The van der Waals surface area contributed by atoms with E-state index >= 15 is 0 Å². The van der Waals surface area contributed by atoms with Crippen molar-refractivity contribution in [2.45, 2.75) is 6.92 Å². The third kappa shape index (κ3) is 3.70. The molecule has 0 aliphatic rings. The first-order valence-electron chi connectivity index (χ1n) is 5.39. The van der Waals surface area contributed by atoms with Crippen LogP contribution in [0.5, 0.6) is 5.75 Å². The molecule has 0 unspecified atom stereocenters. The highest BCUT2D eigenvalue weighted by Gasteiger charge is 2.19. The van der Waals surface area contributed by atoms with E-state index in [4.69, 9.17) is 9.84 Å². The topological polar surface area (TPSA) is 102 Å². The first kappa shape index (κ1) is 14.5. The largest absolute Gasteiger partial charge is 0.497 e. The Morgan fingerprint density at radius 2 is 2.00 bits per heavy atom. The van der Waals surface area contributed by atoms with Crippen molar-refractivity contribution >= 4 is 23.5 Å². The molecule has 0 spiro atoms. The average Bonchev–Trinajstić information content (AvgIpc) is 2.38. The third-order valence-electron chi connectivity index (χ3n) is 2.17. The Morgan fingerprint density at radius 1 is 1.32 bits per heavy atom. The number of rotatable bonds is 4. The molecule has 1 aromatic rings. The molecule has 0 aliphatic carbocycles. The van der Waals surface area contributed by atoms with Crippen LogP contribution in [0.1, 0.15) is 17.3 Å². The SMILES string of the molecule is CCOC(=O)C(=O)Nc1cc(OC)ccc1C(=O)O. The number of amides is 1. The molecule has 0 heterocycles. The number of aromatic carboxylic acids is 1. The summed E-state index contributed by atoms with van der Waals surface area (Å²) in [5.41, 5.74) is -0.191. The molecule has 1 aromatic carbocycles. The van der Waals surface area contributed by atoms with Crippen molar-refractivity contribution in [3.63, 3.8) is 0 Å². The summed E-state index contributed by atoms with van der Waals surface area (Å²) in [6.07, 6.45) is 0. The molecule has 2 N–H and O–H groups in total. The fraction of sp³-hybridized carbons (Fsp3) is 0.250. The Hall–Kier alpha value is -2.57. The number of hydrogen-bond donors (Lipinski definition) is 2. The molecule has 0 saturated carbocycles. The summed E-state index contributed by atoms with van der Waals surface area (Å²) in [4.78, 5) is 33.6. The summed E-state index contributed by atoms with van der Waals surface area (Å²) >= 11 is 0. The van der Waals surface area contributed by atoms with Gasteiger partial charge in [-0.15, -0.1) is 0 Å². The number of esters is 1. The monoisotopic (exact) mass is 267 g/mol. The predicted molar refractivity (Wildman–Crippen MR) is 65.2 cm³/mol. The Morgan fingerprint density at radius 3 is 2.53 bits per heavy atom. The number of carbonyl (C=O) groups excluding carboxylic acids is 2. The Kier molecular flexibility index (Phi) is 4.87. The van der Waals surface area contributed by atoms with Crippen molar-refractivity contribution in [2.75, 3.05) is 19.0 Å². The zero-order valence-corrected chi connectivity index (χ0v) is 10.4. The predicted octanol–water partition coefficient (Wildman–Crippen LogP) is 0.895. The molecule has 7 nitrogen and oxygen atoms in total. The van der Waals surface area contributed by atoms with Crippen molar-refractivity contribution in [2.24, 2.45) is 0 Å². The van der Waals surface area contributed by atoms with Crippen molar-refractivity contribution in [1.29, 1.82) is 0 Å². The van der Waals surface area contributed by atoms with E-state index < -0.39 is 17.8 Å². The minimum absolute atomic E-state index is 0.0371. The van der Waals surface area contributed by atoms with Crippen LogP contribution in [-0.2, 0) is 14.3 Å². The highest BCUT2D eigenvalue weighted by atomic mass is 16.5. The fourth-order valence-electron chi connectivity index (χ4n) is 1.31. The van der Waals surface area contributed by atoms with E-state index in [0.29, 0.717) is 5.75 Å². The minimum atomic E-state index is -1.23. The Labute approximate surface area is 109 Å². The first-order valence-corrected chi connectivity index (χ1v) is 5.39. The molecular weight excluding hydrogens is 254 g/mol. The molecule has 7 heteroatoms. The van der Waals surface area contributed by atoms with Crippen LogP contribution in [0.4, 0.5) is 5.69 Å². The van der Waals surface area contributed by atoms with Gasteiger partial charge in [0.25, 0.3) is 0 Å². The van der Waals surface area contributed by atoms with Gasteiger partial charge in [-0.1, -0.05) is 0 Å². The van der Waals surface area contributed by atoms with Crippen LogP contribution in [0.3, 0.4) is 0 Å². The van der Waals surface area contributed by atoms with Crippen LogP contribution in [0, 0.1) is 0 Å². The van der Waals surface area contributed by atoms with Gasteiger partial charge in [0.2, 0.25) is 0 Å². The molecule has 0 fully saturated rings. The highest BCUT2D eigenvalue weighted by molar-refractivity contribution is 6.37. The van der Waals surface area contributed by atoms with Gasteiger partial charge in [0, 0.05) is 6.07 Å². The lowest BCUT2D eigenvalue weighted by Gasteiger charge is -2.09. The molecule has 0 aliphatic heterocycles. The van der Waals surface area contributed by atoms with Crippen LogP contribution in [0.15, 0.2) is 18.2 Å². The second-order valence-electron chi connectivity index (χ2n) is 3.39. The van der Waals surface area contributed by atoms with E-state index in [0.717, 1.165) is 0 Å². The molecular formula is C12H13NO6. The normalized spacial score (nSPS) is 9.58. The van der Waals surface area contributed by atoms with Gasteiger partial charge < -0.3 is 19.9 Å². The van der Waals surface area contributed by atoms with Gasteiger partial charge in [0.05, 0.1) is 25.0 Å². The Bertz CT molecular complexity index is 511. The van der Waals surface area contributed by atoms with E-state index in [1.807, 2.05) is 0 Å². The molecule has 1 amide bonds. The quantitative estimate of drug-likeness (QED) is 0.620. The number of ether oxygens (including phenoxy) is 2. The van der Waals surface area contributed by atoms with Gasteiger partial charge in [-0.25, -0.2) is 9.59 Å². The third-order valence-corrected chi connectivity index (χ3v) is 2.17. The maximum absolute atomic E-state index is 11.5. The molecule has 0 atom stereocenters. The van der Waals surface area contributed by atoms with Crippen molar-refractivity contribution < 1.29 is 29.0 Å². The maximum atomic E-state index is 11.5. The van der Waals surface area contributed by atoms with Gasteiger partial charge in [0.1, 0.15) is 5.75 Å². The van der Waals surface area contributed by atoms with Gasteiger partial charge in [-0.3, -0.25) is 4.79 Å². The zero-order valence-electron chi connectivity index (χ0n) is 10.4. The lowest BCUT2D eigenvalue weighted by Crippen LogP contribution is -2.26. The Balaban J connectivity index is 3.00. The molecule has 19 heavy (non-hydrogen) atoms. The van der Waals surface area contributed by atoms with E-state index in [1.165, 1.54) is 25.3 Å². The molecule has 102 valence electrons. The summed E-state index contributed by atoms with van der Waals surface area (Å²) in [6, 6.07) is 4.01. The van der Waals surface area contributed by atoms with Crippen LogP contribution in [0.25, 0.3) is 0 Å². The van der Waals surface area contributed by atoms with Crippen LogP contribution in [0.2, 0.25) is 0 Å². The van der Waals surface area contributed by atoms with E-state index in [9.17, 15) is 14.4 Å².